The topological polar surface area (TPSA) is 31.9 Å². The van der Waals surface area contributed by atoms with Crippen LogP contribution in [0.1, 0.15) is 5.82 Å². The lowest BCUT2D eigenvalue weighted by Gasteiger charge is -2.29. The summed E-state index contributed by atoms with van der Waals surface area (Å²) in [5.74, 6) is 0.912. The Morgan fingerprint density at radius 3 is 1.58 bits per heavy atom. The quantitative estimate of drug-likeness (QED) is 0.352. The van der Waals surface area contributed by atoms with E-state index in [1.807, 2.05) is 12.1 Å². The molecule has 0 spiro atoms. The Hall–Kier alpha value is -3.68. The fraction of sp³-hybridized carbons (Fsp3) is 0.0690. The molecule has 4 aromatic carbocycles. The van der Waals surface area contributed by atoms with E-state index in [0.29, 0.717) is 0 Å². The van der Waals surface area contributed by atoms with Gasteiger partial charge in [0.25, 0.3) is 0 Å². The number of benzene rings is 4. The number of nitrogens with zero attached hydrogens (tertiary/aromatic N) is 2. The minimum atomic E-state index is -2.27. The second-order valence-electron chi connectivity index (χ2n) is 8.26. The second-order valence-corrected chi connectivity index (χ2v) is 11.6. The number of para-hydroxylation sites is 2. The summed E-state index contributed by atoms with van der Waals surface area (Å²) in [7, 11) is 1.89. The molecule has 0 fully saturated rings. The number of imidazole rings is 1. The summed E-state index contributed by atoms with van der Waals surface area (Å²) in [6, 6.07) is 40.9. The molecule has 33 heavy (non-hydrogen) atoms. The summed E-state index contributed by atoms with van der Waals surface area (Å²) in [4.78, 5) is 10.9. The number of fused-ring (bicyclic) bond motifs is 1. The van der Waals surface area contributed by atoms with E-state index in [1.165, 1.54) is 21.2 Å². The third-order valence-electron chi connectivity index (χ3n) is 5.80. The average molecular weight is 449 g/mol. The van der Waals surface area contributed by atoms with Gasteiger partial charge in [0, 0.05) is 20.3 Å². The van der Waals surface area contributed by atoms with Crippen LogP contribution in [-0.2, 0) is 0 Å². The molecular formula is C29H27N3P+. The van der Waals surface area contributed by atoms with Gasteiger partial charge >= 0.3 is 0 Å². The van der Waals surface area contributed by atoms with Crippen molar-refractivity contribution in [3.63, 3.8) is 0 Å². The number of aromatic amines is 1. The third-order valence-corrected chi connectivity index (χ3v) is 10.1. The van der Waals surface area contributed by atoms with E-state index in [9.17, 15) is 0 Å². The van der Waals surface area contributed by atoms with Crippen molar-refractivity contribution in [2.75, 3.05) is 14.1 Å². The molecule has 0 saturated carbocycles. The summed E-state index contributed by atoms with van der Waals surface area (Å²) in [6.07, 6.45) is 2.25. The van der Waals surface area contributed by atoms with E-state index in [0.717, 1.165) is 16.9 Å². The number of hydrogen-bond donors (Lipinski definition) is 1. The first-order valence-corrected chi connectivity index (χ1v) is 12.9. The van der Waals surface area contributed by atoms with Gasteiger partial charge in [-0.15, -0.1) is 0 Å². The SMILES string of the molecule is CN(C)/C=C(\c1nc2ccccc2[nH]1)[P+](c1ccccc1)(c1ccccc1)c1ccccc1. The van der Waals surface area contributed by atoms with Gasteiger partial charge in [0.15, 0.2) is 11.1 Å². The van der Waals surface area contributed by atoms with Crippen molar-refractivity contribution in [2.24, 2.45) is 0 Å². The second kappa shape index (κ2) is 9.05. The molecule has 5 rings (SSSR count). The molecular weight excluding hydrogens is 421 g/mol. The molecule has 1 N–H and O–H groups in total. The van der Waals surface area contributed by atoms with Crippen molar-refractivity contribution < 1.29 is 0 Å². The number of aromatic nitrogens is 2. The van der Waals surface area contributed by atoms with Crippen LogP contribution in [0.15, 0.2) is 121 Å². The molecule has 3 nitrogen and oxygen atoms in total. The normalized spacial score (nSPS) is 12.1. The maximum absolute atomic E-state index is 5.09. The Morgan fingerprint density at radius 2 is 1.12 bits per heavy atom. The first-order chi connectivity index (χ1) is 16.2. The monoisotopic (exact) mass is 448 g/mol. The van der Waals surface area contributed by atoms with Crippen LogP contribution in [0.4, 0.5) is 0 Å². The van der Waals surface area contributed by atoms with Gasteiger partial charge in [-0.1, -0.05) is 66.7 Å². The van der Waals surface area contributed by atoms with E-state index in [2.05, 4.69) is 133 Å². The van der Waals surface area contributed by atoms with Crippen LogP contribution >= 0.6 is 7.26 Å². The molecule has 0 aliphatic rings. The molecule has 0 unspecified atom stereocenters. The maximum atomic E-state index is 5.09. The van der Waals surface area contributed by atoms with Crippen molar-refractivity contribution in [3.05, 3.63) is 127 Å². The summed E-state index contributed by atoms with van der Waals surface area (Å²) in [6.45, 7) is 0. The number of H-pyrrole nitrogens is 1. The number of rotatable bonds is 6. The van der Waals surface area contributed by atoms with Crippen LogP contribution in [0.25, 0.3) is 16.3 Å². The summed E-state index contributed by atoms with van der Waals surface area (Å²) >= 11 is 0. The molecule has 0 amide bonds. The smallest absolute Gasteiger partial charge is 0.176 e. The van der Waals surface area contributed by atoms with Gasteiger partial charge in [-0.2, -0.15) is 0 Å². The Balaban J connectivity index is 1.92. The van der Waals surface area contributed by atoms with E-state index >= 15 is 0 Å². The Labute approximate surface area is 195 Å². The molecule has 0 radical (unpaired) electrons. The highest BCUT2D eigenvalue weighted by Crippen LogP contribution is 2.65. The molecule has 0 aliphatic heterocycles. The van der Waals surface area contributed by atoms with Crippen LogP contribution in [0.5, 0.6) is 0 Å². The van der Waals surface area contributed by atoms with Gasteiger partial charge in [-0.05, 0) is 48.5 Å². The zero-order chi connectivity index (χ0) is 22.7. The summed E-state index contributed by atoms with van der Waals surface area (Å²) in [5, 5.41) is 5.11. The number of hydrogen-bond acceptors (Lipinski definition) is 2. The zero-order valence-corrected chi connectivity index (χ0v) is 19.8. The molecule has 5 aromatic rings. The Bertz CT molecular complexity index is 1240. The van der Waals surface area contributed by atoms with Crippen LogP contribution in [0.3, 0.4) is 0 Å². The summed E-state index contributed by atoms with van der Waals surface area (Å²) < 4.78 is 0. The van der Waals surface area contributed by atoms with Gasteiger partial charge < -0.3 is 9.88 Å². The highest BCUT2D eigenvalue weighted by molar-refractivity contribution is 8.03. The van der Waals surface area contributed by atoms with Gasteiger partial charge in [-0.25, -0.2) is 4.98 Å². The minimum Gasteiger partial charge on any atom is -0.380 e. The molecule has 0 saturated heterocycles. The van der Waals surface area contributed by atoms with Gasteiger partial charge in [-0.3, -0.25) is 0 Å². The van der Waals surface area contributed by atoms with Crippen molar-refractivity contribution in [2.45, 2.75) is 0 Å². The Kier molecular flexibility index (Phi) is 5.81. The fourth-order valence-corrected chi connectivity index (χ4v) is 8.86. The van der Waals surface area contributed by atoms with E-state index in [1.54, 1.807) is 0 Å². The minimum absolute atomic E-state index is 0.912. The van der Waals surface area contributed by atoms with Gasteiger partial charge in [0.2, 0.25) is 0 Å². The third kappa shape index (κ3) is 3.86. The average Bonchev–Trinajstić information content (AvgIpc) is 3.30. The van der Waals surface area contributed by atoms with E-state index in [-0.39, 0.29) is 0 Å². The van der Waals surface area contributed by atoms with Crippen molar-refractivity contribution in [3.8, 4) is 0 Å². The van der Waals surface area contributed by atoms with Crippen LogP contribution < -0.4 is 15.9 Å². The number of nitrogens with one attached hydrogen (secondary N) is 1. The largest absolute Gasteiger partial charge is 0.380 e. The van der Waals surface area contributed by atoms with Gasteiger partial charge in [0.1, 0.15) is 23.2 Å². The molecule has 0 atom stereocenters. The van der Waals surface area contributed by atoms with Crippen LogP contribution in [-0.4, -0.2) is 29.0 Å². The lowest BCUT2D eigenvalue weighted by atomic mass is 10.3. The first kappa shape index (κ1) is 21.2. The standard InChI is InChI=1S/C29H27N3P/c1-32(2)22-28(29-30-26-20-12-13-21-27(26)31-29)33(23-14-6-3-7-15-23,24-16-8-4-9-17-24)25-18-10-5-11-19-25/h3-22H,1-2H3,(H,30,31)/q+1/b28-22+. The van der Waals surface area contributed by atoms with Crippen molar-refractivity contribution in [1.82, 2.24) is 14.9 Å². The van der Waals surface area contributed by atoms with Crippen LogP contribution in [0, 0.1) is 0 Å². The van der Waals surface area contributed by atoms with Crippen LogP contribution in [0.2, 0.25) is 0 Å². The molecule has 1 heterocycles. The molecule has 0 bridgehead atoms. The lowest BCUT2D eigenvalue weighted by molar-refractivity contribution is 0.566. The predicted molar refractivity (Wildman–Crippen MR) is 143 cm³/mol. The molecule has 1 aromatic heterocycles. The van der Waals surface area contributed by atoms with E-state index in [4.69, 9.17) is 4.98 Å². The summed E-state index contributed by atoms with van der Waals surface area (Å²) in [5.41, 5.74) is 2.02. The Morgan fingerprint density at radius 1 is 0.667 bits per heavy atom. The zero-order valence-electron chi connectivity index (χ0n) is 18.9. The lowest BCUT2D eigenvalue weighted by Crippen LogP contribution is -2.32. The first-order valence-electron chi connectivity index (χ1n) is 11.1. The van der Waals surface area contributed by atoms with Gasteiger partial charge in [0.05, 0.1) is 11.0 Å². The molecule has 4 heteroatoms. The van der Waals surface area contributed by atoms with Crippen molar-refractivity contribution >= 4 is 39.5 Å². The highest BCUT2D eigenvalue weighted by Gasteiger charge is 2.51. The fourth-order valence-electron chi connectivity index (χ4n) is 4.44. The predicted octanol–water partition coefficient (Wildman–Crippen LogP) is 5.42. The molecule has 162 valence electrons. The maximum Gasteiger partial charge on any atom is 0.176 e. The highest BCUT2D eigenvalue weighted by atomic mass is 31.2. The van der Waals surface area contributed by atoms with Crippen molar-refractivity contribution in [1.29, 1.82) is 0 Å². The molecule has 0 aliphatic carbocycles. The van der Waals surface area contributed by atoms with E-state index < -0.39 is 7.26 Å².